The lowest BCUT2D eigenvalue weighted by Crippen LogP contribution is -2.40. The molecule has 1 aliphatic rings. The number of amides is 1. The second kappa shape index (κ2) is 10.1. The molecule has 0 radical (unpaired) electrons. The molecule has 0 bridgehead atoms. The molecule has 1 atom stereocenters. The average Bonchev–Trinajstić information content (AvgIpc) is 2.85. The van der Waals surface area contributed by atoms with E-state index in [-0.39, 0.29) is 32.0 Å². The third-order valence-corrected chi connectivity index (χ3v) is 7.04. The van der Waals surface area contributed by atoms with Gasteiger partial charge in [-0.15, -0.1) is 0 Å². The molecule has 7 nitrogen and oxygen atoms in total. The van der Waals surface area contributed by atoms with Crippen LogP contribution in [0.15, 0.2) is 83.8 Å². The molecule has 0 aliphatic carbocycles. The molecule has 1 amide bonds. The molecule has 1 saturated heterocycles. The highest BCUT2D eigenvalue weighted by atomic mass is 32.2. The monoisotopic (exact) mass is 470 g/mol. The Morgan fingerprint density at radius 3 is 2.27 bits per heavy atom. The van der Waals surface area contributed by atoms with Crippen LogP contribution in [0.3, 0.4) is 0 Å². The Kier molecular flexibility index (Phi) is 7.02. The van der Waals surface area contributed by atoms with Gasteiger partial charge in [0, 0.05) is 24.3 Å². The predicted octanol–water partition coefficient (Wildman–Crippen LogP) is 3.61. The van der Waals surface area contributed by atoms with E-state index in [0.29, 0.717) is 11.3 Å². The summed E-state index contributed by atoms with van der Waals surface area (Å²) in [6.07, 6.45) is -1.00. The Bertz CT molecular complexity index is 1200. The highest BCUT2D eigenvalue weighted by Gasteiger charge is 2.30. The van der Waals surface area contributed by atoms with Crippen molar-refractivity contribution in [1.29, 1.82) is 0 Å². The van der Waals surface area contributed by atoms with Crippen LogP contribution < -0.4 is 10.1 Å². The summed E-state index contributed by atoms with van der Waals surface area (Å²) in [5.74, 6) is -0.915. The van der Waals surface area contributed by atoms with E-state index >= 15 is 0 Å². The Labute approximate surface area is 191 Å². The van der Waals surface area contributed by atoms with Gasteiger partial charge in [0.15, 0.2) is 0 Å². The smallest absolute Gasteiger partial charge is 0.270 e. The maximum Gasteiger partial charge on any atom is 0.270 e. The number of sulfonamides is 1. The number of carbonyl (C=O) groups is 1. The number of nitrogens with one attached hydrogen (secondary N) is 1. The second-order valence-corrected chi connectivity index (χ2v) is 9.28. The van der Waals surface area contributed by atoms with Crippen molar-refractivity contribution in [3.05, 3.63) is 90.2 Å². The fourth-order valence-electron chi connectivity index (χ4n) is 3.45. The Morgan fingerprint density at radius 2 is 1.61 bits per heavy atom. The number of halogens is 1. The minimum absolute atomic E-state index is 0.138. The SMILES string of the molecule is O=C(Nc1ccc(F)c(S(=O)(=O)N2CCOCC2)c1)C(Oc1ccccc1)c1ccccc1. The van der Waals surface area contributed by atoms with E-state index in [0.717, 1.165) is 12.1 Å². The molecule has 1 aliphatic heterocycles. The van der Waals surface area contributed by atoms with Gasteiger partial charge in [0.1, 0.15) is 16.5 Å². The summed E-state index contributed by atoms with van der Waals surface area (Å²) in [4.78, 5) is 12.7. The lowest BCUT2D eigenvalue weighted by atomic mass is 10.1. The number of hydrogen-bond donors (Lipinski definition) is 1. The molecule has 1 heterocycles. The number of hydrogen-bond acceptors (Lipinski definition) is 5. The van der Waals surface area contributed by atoms with Crippen LogP contribution in [0.25, 0.3) is 0 Å². The summed E-state index contributed by atoms with van der Waals surface area (Å²) in [6.45, 7) is 0.762. The molecule has 3 aromatic carbocycles. The van der Waals surface area contributed by atoms with Crippen LogP contribution in [-0.2, 0) is 19.6 Å². The van der Waals surface area contributed by atoms with E-state index in [1.165, 1.54) is 10.4 Å². The van der Waals surface area contributed by atoms with Gasteiger partial charge in [-0.1, -0.05) is 48.5 Å². The van der Waals surface area contributed by atoms with Crippen molar-refractivity contribution >= 4 is 21.6 Å². The quantitative estimate of drug-likeness (QED) is 0.570. The Hall–Kier alpha value is -3.27. The zero-order valence-corrected chi connectivity index (χ0v) is 18.5. The molecular formula is C24H23FN2O5S. The van der Waals surface area contributed by atoms with Crippen LogP contribution in [0.2, 0.25) is 0 Å². The van der Waals surface area contributed by atoms with Gasteiger partial charge >= 0.3 is 0 Å². The minimum Gasteiger partial charge on any atom is -0.476 e. The summed E-state index contributed by atoms with van der Waals surface area (Å²) < 4.78 is 52.6. The second-order valence-electron chi connectivity index (χ2n) is 7.37. The largest absolute Gasteiger partial charge is 0.476 e. The highest BCUT2D eigenvalue weighted by molar-refractivity contribution is 7.89. The molecule has 0 saturated carbocycles. The summed E-state index contributed by atoms with van der Waals surface area (Å²) >= 11 is 0. The van der Waals surface area contributed by atoms with Gasteiger partial charge in [-0.25, -0.2) is 12.8 Å². The molecule has 1 unspecified atom stereocenters. The number of ether oxygens (including phenoxy) is 2. The van der Waals surface area contributed by atoms with Crippen LogP contribution >= 0.6 is 0 Å². The van der Waals surface area contributed by atoms with Crippen molar-refractivity contribution < 1.29 is 27.1 Å². The number of para-hydroxylation sites is 1. The van der Waals surface area contributed by atoms with Crippen LogP contribution in [0.4, 0.5) is 10.1 Å². The fraction of sp³-hybridized carbons (Fsp3) is 0.208. The number of rotatable bonds is 7. The van der Waals surface area contributed by atoms with Crippen LogP contribution in [0, 0.1) is 5.82 Å². The summed E-state index contributed by atoms with van der Waals surface area (Å²) in [6, 6.07) is 21.3. The topological polar surface area (TPSA) is 84.9 Å². The van der Waals surface area contributed by atoms with Crippen molar-refractivity contribution in [1.82, 2.24) is 4.31 Å². The first-order valence-corrected chi connectivity index (χ1v) is 11.8. The van der Waals surface area contributed by atoms with Crippen molar-refractivity contribution in [3.8, 4) is 5.75 Å². The number of morpholine rings is 1. The summed E-state index contributed by atoms with van der Waals surface area (Å²) in [5.41, 5.74) is 0.757. The summed E-state index contributed by atoms with van der Waals surface area (Å²) in [5, 5.41) is 2.67. The zero-order valence-electron chi connectivity index (χ0n) is 17.7. The highest BCUT2D eigenvalue weighted by Crippen LogP contribution is 2.27. The van der Waals surface area contributed by atoms with Gasteiger partial charge < -0.3 is 14.8 Å². The van der Waals surface area contributed by atoms with Crippen LogP contribution in [0.1, 0.15) is 11.7 Å². The van der Waals surface area contributed by atoms with E-state index in [9.17, 15) is 17.6 Å². The standard InChI is InChI=1S/C24H23FN2O5S/c25-21-12-11-19(17-22(21)33(29,30)27-13-15-31-16-14-27)26-24(28)23(18-7-3-1-4-8-18)32-20-9-5-2-6-10-20/h1-12,17,23H,13-16H2,(H,26,28). The maximum absolute atomic E-state index is 14.5. The first-order valence-electron chi connectivity index (χ1n) is 10.4. The third-order valence-electron chi connectivity index (χ3n) is 5.12. The van der Waals surface area contributed by atoms with Crippen molar-refractivity contribution in [2.75, 3.05) is 31.6 Å². The molecule has 1 fully saturated rings. The number of nitrogens with zero attached hydrogens (tertiary/aromatic N) is 1. The minimum atomic E-state index is -4.08. The average molecular weight is 471 g/mol. The van der Waals surface area contributed by atoms with E-state index in [4.69, 9.17) is 9.47 Å². The van der Waals surface area contributed by atoms with Gasteiger partial charge in [-0.2, -0.15) is 4.31 Å². The molecular weight excluding hydrogens is 447 g/mol. The summed E-state index contributed by atoms with van der Waals surface area (Å²) in [7, 11) is -4.08. The Morgan fingerprint density at radius 1 is 0.970 bits per heavy atom. The first kappa shape index (κ1) is 22.9. The first-order chi connectivity index (χ1) is 15.9. The van der Waals surface area contributed by atoms with Crippen LogP contribution in [-0.4, -0.2) is 44.9 Å². The van der Waals surface area contributed by atoms with E-state index < -0.39 is 32.7 Å². The van der Waals surface area contributed by atoms with Gasteiger partial charge in [0.25, 0.3) is 5.91 Å². The molecule has 1 N–H and O–H groups in total. The molecule has 172 valence electrons. The molecule has 9 heteroatoms. The van der Waals surface area contributed by atoms with E-state index in [1.807, 2.05) is 12.1 Å². The van der Waals surface area contributed by atoms with E-state index in [2.05, 4.69) is 5.32 Å². The van der Waals surface area contributed by atoms with Crippen molar-refractivity contribution in [3.63, 3.8) is 0 Å². The molecule has 0 aromatic heterocycles. The lowest BCUT2D eigenvalue weighted by Gasteiger charge is -2.26. The number of anilines is 1. The molecule has 0 spiro atoms. The van der Waals surface area contributed by atoms with Crippen molar-refractivity contribution in [2.45, 2.75) is 11.0 Å². The number of carbonyl (C=O) groups excluding carboxylic acids is 1. The zero-order chi connectivity index (χ0) is 23.3. The Balaban J connectivity index is 1.60. The number of benzene rings is 3. The van der Waals surface area contributed by atoms with Gasteiger partial charge in [0.2, 0.25) is 16.1 Å². The van der Waals surface area contributed by atoms with Gasteiger partial charge in [-0.05, 0) is 30.3 Å². The normalized spacial score (nSPS) is 15.5. The predicted molar refractivity (Wildman–Crippen MR) is 121 cm³/mol. The van der Waals surface area contributed by atoms with Gasteiger partial charge in [0.05, 0.1) is 13.2 Å². The molecule has 4 rings (SSSR count). The maximum atomic E-state index is 14.5. The van der Waals surface area contributed by atoms with Crippen molar-refractivity contribution in [2.24, 2.45) is 0 Å². The van der Waals surface area contributed by atoms with Gasteiger partial charge in [-0.3, -0.25) is 4.79 Å². The molecule has 3 aromatic rings. The van der Waals surface area contributed by atoms with E-state index in [1.54, 1.807) is 48.5 Å². The lowest BCUT2D eigenvalue weighted by molar-refractivity contribution is -0.123. The molecule has 33 heavy (non-hydrogen) atoms. The fourth-order valence-corrected chi connectivity index (χ4v) is 4.95. The third kappa shape index (κ3) is 5.39. The van der Waals surface area contributed by atoms with Crippen LogP contribution in [0.5, 0.6) is 5.75 Å².